The maximum atomic E-state index is 13.1. The van der Waals surface area contributed by atoms with Crippen LogP contribution in [-0.2, 0) is 9.22 Å². The molecule has 0 saturated carbocycles. The van der Waals surface area contributed by atoms with Crippen LogP contribution < -0.4 is 15.5 Å². The highest BCUT2D eigenvalue weighted by atomic mass is 28.4. The van der Waals surface area contributed by atoms with E-state index in [4.69, 9.17) is 4.43 Å². The lowest BCUT2D eigenvalue weighted by Crippen LogP contribution is -2.49. The van der Waals surface area contributed by atoms with E-state index in [1.54, 1.807) is 13.1 Å². The maximum absolute atomic E-state index is 13.1. The number of aromatic nitrogens is 1. The standard InChI is InChI=1S/C29H44N4O3Si/c1-10-24-20(3)27(32-26-17-19(2)13-14-30-26)23-18-22(11-12-25(23)33(24)21(4)34)28(35)31-15-16-36-37(8,9)29(5,6)7/h11-14,17-18,20,24,27H,10,15-16H2,1-9H3,(H,30,32)(H,31,35)/t20-,24-,27+/m0/s1. The zero-order chi connectivity index (χ0) is 27.5. The van der Waals surface area contributed by atoms with E-state index in [1.807, 2.05) is 42.2 Å². The van der Waals surface area contributed by atoms with Gasteiger partial charge in [0.2, 0.25) is 5.91 Å². The van der Waals surface area contributed by atoms with Crippen LogP contribution in [0.15, 0.2) is 36.5 Å². The van der Waals surface area contributed by atoms with E-state index in [-0.39, 0.29) is 34.9 Å². The van der Waals surface area contributed by atoms with Crippen molar-refractivity contribution >= 4 is 31.6 Å². The number of benzene rings is 1. The van der Waals surface area contributed by atoms with Gasteiger partial charge >= 0.3 is 0 Å². The molecule has 1 aliphatic heterocycles. The van der Waals surface area contributed by atoms with E-state index in [0.29, 0.717) is 18.7 Å². The van der Waals surface area contributed by atoms with Gasteiger partial charge in [-0.3, -0.25) is 9.59 Å². The van der Waals surface area contributed by atoms with Gasteiger partial charge in [-0.2, -0.15) is 0 Å². The predicted molar refractivity (Wildman–Crippen MR) is 154 cm³/mol. The first-order chi connectivity index (χ1) is 17.3. The third kappa shape index (κ3) is 6.41. The second-order valence-corrected chi connectivity index (χ2v) is 16.5. The minimum Gasteiger partial charge on any atom is -0.415 e. The molecule has 2 N–H and O–H groups in total. The lowest BCUT2D eigenvalue weighted by atomic mass is 9.80. The zero-order valence-electron chi connectivity index (χ0n) is 23.9. The molecule has 0 bridgehead atoms. The van der Waals surface area contributed by atoms with Gasteiger partial charge in [0.15, 0.2) is 8.32 Å². The third-order valence-corrected chi connectivity index (χ3v) is 12.5. The van der Waals surface area contributed by atoms with Gasteiger partial charge in [0.25, 0.3) is 5.91 Å². The zero-order valence-corrected chi connectivity index (χ0v) is 24.9. The number of pyridine rings is 1. The van der Waals surface area contributed by atoms with E-state index in [0.717, 1.165) is 29.1 Å². The fraction of sp³-hybridized carbons (Fsp3) is 0.552. The smallest absolute Gasteiger partial charge is 0.251 e. The average Bonchev–Trinajstić information content (AvgIpc) is 2.81. The van der Waals surface area contributed by atoms with Crippen LogP contribution in [0.2, 0.25) is 18.1 Å². The van der Waals surface area contributed by atoms with Crippen LogP contribution in [0.5, 0.6) is 0 Å². The Bertz CT molecular complexity index is 1130. The Morgan fingerprint density at radius 2 is 1.86 bits per heavy atom. The summed E-state index contributed by atoms with van der Waals surface area (Å²) < 4.78 is 6.21. The minimum absolute atomic E-state index is 0.00654. The summed E-state index contributed by atoms with van der Waals surface area (Å²) in [6, 6.07) is 9.56. The topological polar surface area (TPSA) is 83.6 Å². The van der Waals surface area contributed by atoms with Crippen molar-refractivity contribution in [3.05, 3.63) is 53.2 Å². The number of aryl methyl sites for hydroxylation is 1. The summed E-state index contributed by atoms with van der Waals surface area (Å²) in [7, 11) is -1.87. The number of anilines is 2. The Hall–Kier alpha value is -2.71. The number of nitrogens with one attached hydrogen (secondary N) is 2. The van der Waals surface area contributed by atoms with Crippen molar-refractivity contribution in [2.45, 2.75) is 85.1 Å². The molecule has 37 heavy (non-hydrogen) atoms. The van der Waals surface area contributed by atoms with Crippen molar-refractivity contribution in [2.24, 2.45) is 5.92 Å². The van der Waals surface area contributed by atoms with Gasteiger partial charge in [-0.05, 0) is 72.9 Å². The largest absolute Gasteiger partial charge is 0.415 e. The number of hydrogen-bond donors (Lipinski definition) is 2. The summed E-state index contributed by atoms with van der Waals surface area (Å²) in [5.41, 5.74) is 3.47. The van der Waals surface area contributed by atoms with Gasteiger partial charge in [-0.1, -0.05) is 34.6 Å². The molecule has 1 aromatic heterocycles. The molecule has 2 aromatic rings. The Morgan fingerprint density at radius 3 is 2.46 bits per heavy atom. The maximum Gasteiger partial charge on any atom is 0.251 e. The first kappa shape index (κ1) is 28.9. The van der Waals surface area contributed by atoms with Crippen molar-refractivity contribution in [1.29, 1.82) is 0 Å². The second-order valence-electron chi connectivity index (χ2n) is 11.7. The molecule has 8 heteroatoms. The molecule has 7 nitrogen and oxygen atoms in total. The SMILES string of the molecule is CC[C@H]1[C@H](C)[C@@H](Nc2cc(C)ccn2)c2cc(C(=O)NCCO[Si](C)(C)C(C)(C)C)ccc2N1C(C)=O. The third-order valence-electron chi connectivity index (χ3n) is 7.98. The number of nitrogens with zero attached hydrogens (tertiary/aromatic N) is 2. The molecule has 0 fully saturated rings. The highest BCUT2D eigenvalue weighted by molar-refractivity contribution is 6.74. The first-order valence-corrected chi connectivity index (χ1v) is 16.2. The molecule has 1 aliphatic rings. The summed E-state index contributed by atoms with van der Waals surface area (Å²) in [4.78, 5) is 32.2. The van der Waals surface area contributed by atoms with E-state index < -0.39 is 8.32 Å². The Balaban J connectivity index is 1.87. The Labute approximate surface area is 223 Å². The van der Waals surface area contributed by atoms with E-state index in [2.05, 4.69) is 63.3 Å². The number of amides is 2. The van der Waals surface area contributed by atoms with Crippen LogP contribution in [0.25, 0.3) is 0 Å². The Kier molecular flexibility index (Phi) is 8.85. The number of carbonyl (C=O) groups excluding carboxylic acids is 2. The van der Waals surface area contributed by atoms with E-state index in [9.17, 15) is 9.59 Å². The summed E-state index contributed by atoms with van der Waals surface area (Å²) in [6.07, 6.45) is 2.62. The molecular weight excluding hydrogens is 480 g/mol. The summed E-state index contributed by atoms with van der Waals surface area (Å²) >= 11 is 0. The molecule has 0 radical (unpaired) electrons. The first-order valence-electron chi connectivity index (χ1n) is 13.3. The van der Waals surface area contributed by atoms with Gasteiger partial charge in [-0.15, -0.1) is 0 Å². The number of fused-ring (bicyclic) bond motifs is 1. The fourth-order valence-electron chi connectivity index (χ4n) is 4.81. The van der Waals surface area contributed by atoms with Gasteiger partial charge in [0.05, 0.1) is 12.6 Å². The van der Waals surface area contributed by atoms with E-state index >= 15 is 0 Å². The summed E-state index contributed by atoms with van der Waals surface area (Å²) in [5, 5.41) is 6.74. The van der Waals surface area contributed by atoms with Crippen molar-refractivity contribution in [1.82, 2.24) is 10.3 Å². The predicted octanol–water partition coefficient (Wildman–Crippen LogP) is 6.08. The molecule has 2 heterocycles. The molecule has 2 amide bonds. The quantitative estimate of drug-likeness (QED) is 0.323. The van der Waals surface area contributed by atoms with Gasteiger partial charge < -0.3 is 20.0 Å². The summed E-state index contributed by atoms with van der Waals surface area (Å²) in [6.45, 7) is 19.9. The van der Waals surface area contributed by atoms with Crippen molar-refractivity contribution in [3.8, 4) is 0 Å². The van der Waals surface area contributed by atoms with Crippen LogP contribution in [-0.4, -0.2) is 44.3 Å². The van der Waals surface area contributed by atoms with Crippen LogP contribution in [0.4, 0.5) is 11.5 Å². The average molecular weight is 525 g/mol. The highest BCUT2D eigenvalue weighted by Crippen LogP contribution is 2.44. The summed E-state index contributed by atoms with van der Waals surface area (Å²) in [5.74, 6) is 0.757. The number of hydrogen-bond acceptors (Lipinski definition) is 5. The lowest BCUT2D eigenvalue weighted by Gasteiger charge is -2.45. The monoisotopic (exact) mass is 524 g/mol. The lowest BCUT2D eigenvalue weighted by molar-refractivity contribution is -0.117. The molecule has 0 aliphatic carbocycles. The minimum atomic E-state index is -1.87. The molecule has 202 valence electrons. The molecule has 3 atom stereocenters. The highest BCUT2D eigenvalue weighted by Gasteiger charge is 2.40. The fourth-order valence-corrected chi connectivity index (χ4v) is 5.86. The normalized spacial score (nSPS) is 19.8. The van der Waals surface area contributed by atoms with Gasteiger partial charge in [-0.25, -0.2) is 4.98 Å². The molecule has 1 aromatic carbocycles. The molecule has 0 spiro atoms. The Morgan fingerprint density at radius 1 is 1.16 bits per heavy atom. The van der Waals surface area contributed by atoms with Crippen LogP contribution >= 0.6 is 0 Å². The second kappa shape index (κ2) is 11.4. The van der Waals surface area contributed by atoms with Gasteiger partial charge in [0.1, 0.15) is 5.82 Å². The number of rotatable bonds is 8. The molecule has 0 unspecified atom stereocenters. The van der Waals surface area contributed by atoms with Gasteiger partial charge in [0, 0.05) is 42.9 Å². The van der Waals surface area contributed by atoms with Crippen LogP contribution in [0, 0.1) is 12.8 Å². The molecular formula is C29H44N4O3Si. The van der Waals surface area contributed by atoms with Crippen molar-refractivity contribution in [3.63, 3.8) is 0 Å². The van der Waals surface area contributed by atoms with Crippen LogP contribution in [0.3, 0.4) is 0 Å². The van der Waals surface area contributed by atoms with E-state index in [1.165, 1.54) is 0 Å². The molecule has 0 saturated heterocycles. The number of carbonyl (C=O) groups is 2. The van der Waals surface area contributed by atoms with Crippen molar-refractivity contribution < 1.29 is 14.0 Å². The molecule has 3 rings (SSSR count). The van der Waals surface area contributed by atoms with Crippen molar-refractivity contribution in [2.75, 3.05) is 23.4 Å². The van der Waals surface area contributed by atoms with Crippen LogP contribution in [0.1, 0.15) is 75.5 Å².